The maximum atomic E-state index is 8.14. The molecule has 4 heteroatoms. The SMILES string of the molecule is [2H]c1cc2cc3nc(cc4ccc(cc5nc(cc1[nH]2)C=C5)[nH]4)C=C3. The van der Waals surface area contributed by atoms with Crippen LogP contribution in [0.3, 0.4) is 0 Å². The van der Waals surface area contributed by atoms with Gasteiger partial charge in [-0.05, 0) is 72.8 Å². The summed E-state index contributed by atoms with van der Waals surface area (Å²) in [5.74, 6) is 0. The van der Waals surface area contributed by atoms with Crippen molar-refractivity contribution in [3.63, 3.8) is 0 Å². The molecule has 0 saturated carbocycles. The molecule has 0 aliphatic carbocycles. The smallest absolute Gasteiger partial charge is 0.0658 e. The molecule has 0 unspecified atom stereocenters. The summed E-state index contributed by atoms with van der Waals surface area (Å²) in [6, 6.07) is 14.1. The molecular formula is C20H14N4. The Morgan fingerprint density at radius 1 is 0.583 bits per heavy atom. The van der Waals surface area contributed by atoms with E-state index in [1.54, 1.807) is 6.07 Å². The van der Waals surface area contributed by atoms with Gasteiger partial charge in [0, 0.05) is 22.1 Å². The second kappa shape index (κ2) is 5.06. The van der Waals surface area contributed by atoms with Gasteiger partial charge in [0.05, 0.1) is 24.1 Å². The van der Waals surface area contributed by atoms with Crippen LogP contribution in [0.5, 0.6) is 0 Å². The maximum absolute atomic E-state index is 8.14. The number of nitrogens with one attached hydrogen (secondary N) is 2. The average Bonchev–Trinajstić information content (AvgIpc) is 3.33. The first-order chi connectivity index (χ1) is 12.2. The number of hydrogen-bond donors (Lipinski definition) is 2. The molecule has 0 radical (unpaired) electrons. The zero-order valence-electron chi connectivity index (χ0n) is 13.7. The lowest BCUT2D eigenvalue weighted by Gasteiger charge is -1.85. The second-order valence-corrected chi connectivity index (χ2v) is 5.82. The zero-order chi connectivity index (χ0) is 16.8. The van der Waals surface area contributed by atoms with Gasteiger partial charge in [0.1, 0.15) is 0 Å². The standard InChI is InChI=1S/C20H14N4/c1-2-14-10-16-5-6-18(23-16)12-20-8-7-19(24-20)11-17-4-3-15(22-17)9-13(1)21-14/h1-12,21,24H/i1D. The van der Waals surface area contributed by atoms with Gasteiger partial charge in [-0.3, -0.25) is 0 Å². The number of fused-ring (bicyclic) bond motifs is 8. The Balaban J connectivity index is 1.87. The monoisotopic (exact) mass is 311 g/mol. The fraction of sp³-hybridized carbons (Fsp3) is 0. The molecule has 5 heterocycles. The summed E-state index contributed by atoms with van der Waals surface area (Å²) in [4.78, 5) is 15.8. The molecule has 0 atom stereocenters. The molecule has 24 heavy (non-hydrogen) atoms. The van der Waals surface area contributed by atoms with Gasteiger partial charge in [0.2, 0.25) is 0 Å². The molecule has 0 saturated heterocycles. The summed E-state index contributed by atoms with van der Waals surface area (Å²) >= 11 is 0. The van der Waals surface area contributed by atoms with Gasteiger partial charge >= 0.3 is 0 Å². The third-order valence-corrected chi connectivity index (χ3v) is 3.96. The fourth-order valence-electron chi connectivity index (χ4n) is 2.87. The van der Waals surface area contributed by atoms with Gasteiger partial charge in [-0.25, -0.2) is 9.97 Å². The number of aromatic nitrogens is 4. The van der Waals surface area contributed by atoms with E-state index in [2.05, 4.69) is 19.9 Å². The summed E-state index contributed by atoms with van der Waals surface area (Å²) in [7, 11) is 0. The molecule has 3 aromatic heterocycles. The van der Waals surface area contributed by atoms with Crippen LogP contribution in [0.15, 0.2) is 48.5 Å². The van der Waals surface area contributed by atoms with Crippen LogP contribution in [-0.4, -0.2) is 19.9 Å². The van der Waals surface area contributed by atoms with Crippen molar-refractivity contribution >= 4 is 46.4 Å². The van der Waals surface area contributed by atoms with Crippen LogP contribution in [-0.2, 0) is 0 Å². The first kappa shape index (κ1) is 12.1. The third kappa shape index (κ3) is 2.44. The Morgan fingerprint density at radius 3 is 1.54 bits per heavy atom. The lowest BCUT2D eigenvalue weighted by atomic mass is 10.3. The molecule has 0 fully saturated rings. The minimum absolute atomic E-state index is 0.441. The molecule has 3 aromatic rings. The zero-order valence-corrected chi connectivity index (χ0v) is 12.7. The molecule has 4 nitrogen and oxygen atoms in total. The van der Waals surface area contributed by atoms with Crippen LogP contribution in [0.1, 0.15) is 24.1 Å². The van der Waals surface area contributed by atoms with Crippen molar-refractivity contribution in [2.24, 2.45) is 0 Å². The first-order valence-electron chi connectivity index (χ1n) is 8.26. The quantitative estimate of drug-likeness (QED) is 0.437. The van der Waals surface area contributed by atoms with E-state index in [0.29, 0.717) is 6.04 Å². The minimum atomic E-state index is 0.441. The van der Waals surface area contributed by atoms with Gasteiger partial charge in [0.15, 0.2) is 0 Å². The summed E-state index contributed by atoms with van der Waals surface area (Å²) in [5, 5.41) is 0. The molecule has 114 valence electrons. The Labute approximate surface area is 139 Å². The largest absolute Gasteiger partial charge is 0.355 e. The minimum Gasteiger partial charge on any atom is -0.355 e. The van der Waals surface area contributed by atoms with Crippen LogP contribution in [0.4, 0.5) is 0 Å². The molecule has 2 aliphatic heterocycles. The summed E-state index contributed by atoms with van der Waals surface area (Å²) < 4.78 is 8.14. The van der Waals surface area contributed by atoms with E-state index >= 15 is 0 Å². The van der Waals surface area contributed by atoms with Gasteiger partial charge < -0.3 is 9.97 Å². The van der Waals surface area contributed by atoms with Crippen LogP contribution in [0, 0.1) is 0 Å². The lowest BCUT2D eigenvalue weighted by Crippen LogP contribution is -1.75. The van der Waals surface area contributed by atoms with Crippen molar-refractivity contribution in [1.29, 1.82) is 0 Å². The Hall–Kier alpha value is -3.40. The average molecular weight is 311 g/mol. The molecule has 0 aromatic carbocycles. The van der Waals surface area contributed by atoms with E-state index in [0.717, 1.165) is 44.8 Å². The lowest BCUT2D eigenvalue weighted by molar-refractivity contribution is 1.31. The van der Waals surface area contributed by atoms with Gasteiger partial charge in [-0.15, -0.1) is 0 Å². The third-order valence-electron chi connectivity index (χ3n) is 3.96. The summed E-state index contributed by atoms with van der Waals surface area (Å²) in [6.07, 6.45) is 7.88. The molecular weight excluding hydrogens is 296 g/mol. The van der Waals surface area contributed by atoms with Gasteiger partial charge in [-0.1, -0.05) is 0 Å². The summed E-state index contributed by atoms with van der Waals surface area (Å²) in [5.41, 5.74) is 7.04. The number of H-pyrrole nitrogens is 2. The molecule has 0 spiro atoms. The van der Waals surface area contributed by atoms with E-state index in [9.17, 15) is 0 Å². The molecule has 2 aliphatic rings. The van der Waals surface area contributed by atoms with Crippen molar-refractivity contribution in [3.8, 4) is 0 Å². The van der Waals surface area contributed by atoms with E-state index < -0.39 is 0 Å². The van der Waals surface area contributed by atoms with Crippen LogP contribution in [0.2, 0.25) is 0 Å². The predicted molar refractivity (Wildman–Crippen MR) is 98.9 cm³/mol. The topological polar surface area (TPSA) is 57.4 Å². The highest BCUT2D eigenvalue weighted by Gasteiger charge is 2.00. The number of hydrogen-bond acceptors (Lipinski definition) is 2. The fourth-order valence-corrected chi connectivity index (χ4v) is 2.87. The summed E-state index contributed by atoms with van der Waals surface area (Å²) in [6.45, 7) is 0. The van der Waals surface area contributed by atoms with E-state index in [-0.39, 0.29) is 0 Å². The van der Waals surface area contributed by atoms with Crippen molar-refractivity contribution in [2.75, 3.05) is 0 Å². The first-order valence-corrected chi connectivity index (χ1v) is 7.76. The van der Waals surface area contributed by atoms with Crippen molar-refractivity contribution in [3.05, 3.63) is 71.3 Å². The number of aromatic amines is 2. The van der Waals surface area contributed by atoms with Crippen molar-refractivity contribution in [2.45, 2.75) is 0 Å². The molecule has 0 amide bonds. The predicted octanol–water partition coefficient (Wildman–Crippen LogP) is 4.66. The van der Waals surface area contributed by atoms with E-state index in [1.807, 2.05) is 60.7 Å². The van der Waals surface area contributed by atoms with Crippen LogP contribution >= 0.6 is 0 Å². The van der Waals surface area contributed by atoms with Crippen molar-refractivity contribution < 1.29 is 1.37 Å². The normalized spacial score (nSPS) is 13.2. The second-order valence-electron chi connectivity index (χ2n) is 5.82. The van der Waals surface area contributed by atoms with Crippen LogP contribution in [0.25, 0.3) is 46.4 Å². The molecule has 8 bridgehead atoms. The van der Waals surface area contributed by atoms with Gasteiger partial charge in [-0.2, -0.15) is 0 Å². The van der Waals surface area contributed by atoms with E-state index in [1.165, 1.54) is 0 Å². The van der Waals surface area contributed by atoms with E-state index in [4.69, 9.17) is 1.37 Å². The maximum Gasteiger partial charge on any atom is 0.0658 e. The molecule has 5 rings (SSSR count). The highest BCUT2D eigenvalue weighted by molar-refractivity contribution is 5.77. The number of nitrogens with zero attached hydrogens (tertiary/aromatic N) is 2. The Morgan fingerprint density at radius 2 is 1.00 bits per heavy atom. The molecule has 2 N–H and O–H groups in total. The van der Waals surface area contributed by atoms with Gasteiger partial charge in [0.25, 0.3) is 0 Å². The van der Waals surface area contributed by atoms with Crippen molar-refractivity contribution in [1.82, 2.24) is 19.9 Å². The number of rotatable bonds is 0. The van der Waals surface area contributed by atoms with Crippen LogP contribution < -0.4 is 0 Å². The Bertz CT molecular complexity index is 1210. The Kier molecular flexibility index (Phi) is 2.55. The highest BCUT2D eigenvalue weighted by atomic mass is 14.8. The highest BCUT2D eigenvalue weighted by Crippen LogP contribution is 2.16.